The molecule has 6 nitrogen and oxygen atoms in total. The van der Waals surface area contributed by atoms with E-state index in [2.05, 4.69) is 58.2 Å². The molecule has 4 rings (SSSR count). The number of amides is 1. The third kappa shape index (κ3) is 5.33. The highest BCUT2D eigenvalue weighted by atomic mass is 32.2. The van der Waals surface area contributed by atoms with Gasteiger partial charge in [0.25, 0.3) is 0 Å². The van der Waals surface area contributed by atoms with Crippen LogP contribution in [0.3, 0.4) is 0 Å². The number of nitrogens with zero attached hydrogens (tertiary/aromatic N) is 3. The number of carbonyl (C=O) groups excluding carboxylic acids is 1. The van der Waals surface area contributed by atoms with E-state index in [0.717, 1.165) is 36.0 Å². The Morgan fingerprint density at radius 3 is 2.70 bits per heavy atom. The zero-order chi connectivity index (χ0) is 20.9. The number of carbonyl (C=O) groups is 1. The highest BCUT2D eigenvalue weighted by Gasteiger charge is 2.30. The van der Waals surface area contributed by atoms with Crippen LogP contribution in [-0.4, -0.2) is 33.0 Å². The fraction of sp³-hybridized carbons (Fsp3) is 0.435. The zero-order valence-corrected chi connectivity index (χ0v) is 18.3. The average Bonchev–Trinajstić information content (AvgIpc) is 3.30. The van der Waals surface area contributed by atoms with E-state index in [1.54, 1.807) is 6.26 Å². The fourth-order valence-corrected chi connectivity index (χ4v) is 4.13. The Bertz CT molecular complexity index is 960. The van der Waals surface area contributed by atoms with E-state index in [1.165, 1.54) is 22.9 Å². The summed E-state index contributed by atoms with van der Waals surface area (Å²) >= 11 is 1.43. The smallest absolute Gasteiger partial charge is 0.230 e. The normalized spacial score (nSPS) is 13.7. The highest BCUT2D eigenvalue weighted by molar-refractivity contribution is 7.99. The second-order valence-electron chi connectivity index (χ2n) is 8.07. The molecule has 2 heterocycles. The molecule has 1 aliphatic rings. The van der Waals surface area contributed by atoms with Gasteiger partial charge in [-0.15, -0.1) is 10.2 Å². The minimum Gasteiger partial charge on any atom is -0.467 e. The van der Waals surface area contributed by atoms with Gasteiger partial charge in [0.2, 0.25) is 5.91 Å². The van der Waals surface area contributed by atoms with Crippen molar-refractivity contribution in [2.75, 3.05) is 12.3 Å². The van der Waals surface area contributed by atoms with Crippen LogP contribution < -0.4 is 5.32 Å². The molecule has 2 aromatic heterocycles. The van der Waals surface area contributed by atoms with Crippen LogP contribution in [0.1, 0.15) is 61.2 Å². The number of nitrogens with one attached hydrogen (secondary N) is 1. The highest BCUT2D eigenvalue weighted by Crippen LogP contribution is 2.40. The van der Waals surface area contributed by atoms with Crippen molar-refractivity contribution in [3.05, 3.63) is 65.4 Å². The van der Waals surface area contributed by atoms with Crippen molar-refractivity contribution in [2.45, 2.75) is 56.6 Å². The van der Waals surface area contributed by atoms with Crippen LogP contribution in [0.15, 0.2) is 52.2 Å². The summed E-state index contributed by atoms with van der Waals surface area (Å²) in [6, 6.07) is 12.5. The van der Waals surface area contributed by atoms with Gasteiger partial charge in [0.05, 0.1) is 18.6 Å². The van der Waals surface area contributed by atoms with E-state index >= 15 is 0 Å². The molecule has 1 saturated carbocycles. The lowest BCUT2D eigenvalue weighted by Gasteiger charge is -2.09. The molecule has 1 amide bonds. The summed E-state index contributed by atoms with van der Waals surface area (Å²) in [5.41, 5.74) is 2.57. The Balaban J connectivity index is 1.27. The zero-order valence-electron chi connectivity index (χ0n) is 17.5. The second-order valence-corrected chi connectivity index (χ2v) is 9.01. The average molecular weight is 425 g/mol. The SMILES string of the molecule is CC(C)c1ccc(CCNC(=O)CSc2nnc(C3CC3)n2Cc2ccco2)cc1. The number of thioether (sulfide) groups is 1. The van der Waals surface area contributed by atoms with Crippen molar-refractivity contribution >= 4 is 17.7 Å². The molecular weight excluding hydrogens is 396 g/mol. The maximum Gasteiger partial charge on any atom is 0.230 e. The predicted octanol–water partition coefficient (Wildman–Crippen LogP) is 4.37. The Morgan fingerprint density at radius 1 is 1.23 bits per heavy atom. The summed E-state index contributed by atoms with van der Waals surface area (Å²) in [6.07, 6.45) is 4.81. The Kier molecular flexibility index (Phi) is 6.57. The molecule has 0 saturated heterocycles. The first kappa shape index (κ1) is 20.7. The van der Waals surface area contributed by atoms with Gasteiger partial charge in [-0.25, -0.2) is 0 Å². The van der Waals surface area contributed by atoms with Gasteiger partial charge in [-0.2, -0.15) is 0 Å². The second kappa shape index (κ2) is 9.51. The monoisotopic (exact) mass is 424 g/mol. The molecule has 0 atom stereocenters. The first-order chi connectivity index (χ1) is 14.6. The molecule has 1 N–H and O–H groups in total. The number of benzene rings is 1. The fourth-order valence-electron chi connectivity index (χ4n) is 3.35. The molecule has 30 heavy (non-hydrogen) atoms. The Labute approximate surface area is 181 Å². The van der Waals surface area contributed by atoms with Crippen molar-refractivity contribution < 1.29 is 9.21 Å². The van der Waals surface area contributed by atoms with Crippen molar-refractivity contribution in [1.29, 1.82) is 0 Å². The topological polar surface area (TPSA) is 73.0 Å². The van der Waals surface area contributed by atoms with Gasteiger partial charge in [0.1, 0.15) is 11.6 Å². The summed E-state index contributed by atoms with van der Waals surface area (Å²) in [7, 11) is 0. The molecule has 1 aliphatic carbocycles. The lowest BCUT2D eigenvalue weighted by atomic mass is 10.0. The third-order valence-corrected chi connectivity index (χ3v) is 6.26. The van der Waals surface area contributed by atoms with Crippen molar-refractivity contribution in [2.24, 2.45) is 0 Å². The van der Waals surface area contributed by atoms with Gasteiger partial charge in [0, 0.05) is 12.5 Å². The molecular formula is C23H28N4O2S. The van der Waals surface area contributed by atoms with Crippen LogP contribution in [0.5, 0.6) is 0 Å². The van der Waals surface area contributed by atoms with Gasteiger partial charge < -0.3 is 9.73 Å². The maximum atomic E-state index is 12.3. The molecule has 0 spiro atoms. The van der Waals surface area contributed by atoms with Crippen LogP contribution >= 0.6 is 11.8 Å². The molecule has 0 unspecified atom stereocenters. The van der Waals surface area contributed by atoms with Crippen LogP contribution in [0, 0.1) is 0 Å². The van der Waals surface area contributed by atoms with E-state index in [1.807, 2.05) is 12.1 Å². The van der Waals surface area contributed by atoms with E-state index in [9.17, 15) is 4.79 Å². The lowest BCUT2D eigenvalue weighted by Crippen LogP contribution is -2.27. The van der Waals surface area contributed by atoms with Gasteiger partial charge in [0.15, 0.2) is 5.16 Å². The molecule has 1 aromatic carbocycles. The molecule has 0 aliphatic heterocycles. The molecule has 3 aromatic rings. The minimum atomic E-state index is 0.0133. The quantitative estimate of drug-likeness (QED) is 0.489. The van der Waals surface area contributed by atoms with Crippen molar-refractivity contribution in [3.63, 3.8) is 0 Å². The van der Waals surface area contributed by atoms with Gasteiger partial charge in [-0.3, -0.25) is 9.36 Å². The minimum absolute atomic E-state index is 0.0133. The number of furan rings is 1. The van der Waals surface area contributed by atoms with Gasteiger partial charge in [-0.05, 0) is 48.4 Å². The van der Waals surface area contributed by atoms with Crippen LogP contribution in [0.25, 0.3) is 0 Å². The summed E-state index contributed by atoms with van der Waals surface area (Å²) in [4.78, 5) is 12.3. The van der Waals surface area contributed by atoms with Crippen LogP contribution in [0.2, 0.25) is 0 Å². The van der Waals surface area contributed by atoms with E-state index in [0.29, 0.717) is 30.7 Å². The third-order valence-electron chi connectivity index (χ3n) is 5.30. The van der Waals surface area contributed by atoms with E-state index in [4.69, 9.17) is 4.42 Å². The molecule has 7 heteroatoms. The van der Waals surface area contributed by atoms with E-state index < -0.39 is 0 Å². The molecule has 0 bridgehead atoms. The Morgan fingerprint density at radius 2 is 2.03 bits per heavy atom. The van der Waals surface area contributed by atoms with Gasteiger partial charge in [-0.1, -0.05) is 49.9 Å². The van der Waals surface area contributed by atoms with Crippen LogP contribution in [0.4, 0.5) is 0 Å². The number of aromatic nitrogens is 3. The predicted molar refractivity (Wildman–Crippen MR) is 118 cm³/mol. The Hall–Kier alpha value is -2.54. The summed E-state index contributed by atoms with van der Waals surface area (Å²) in [6.45, 7) is 5.61. The van der Waals surface area contributed by atoms with Gasteiger partial charge >= 0.3 is 0 Å². The molecule has 1 fully saturated rings. The summed E-state index contributed by atoms with van der Waals surface area (Å²) in [5.74, 6) is 3.22. The molecule has 0 radical (unpaired) electrons. The molecule has 158 valence electrons. The number of hydrogen-bond donors (Lipinski definition) is 1. The van der Waals surface area contributed by atoms with Crippen molar-refractivity contribution in [1.82, 2.24) is 20.1 Å². The number of rotatable bonds is 10. The lowest BCUT2D eigenvalue weighted by molar-refractivity contribution is -0.118. The van der Waals surface area contributed by atoms with E-state index in [-0.39, 0.29) is 5.91 Å². The standard InChI is InChI=1S/C23H28N4O2S/c1-16(2)18-7-5-17(6-8-18)11-12-24-21(28)15-30-23-26-25-22(19-9-10-19)27(23)14-20-4-3-13-29-20/h3-8,13,16,19H,9-12,14-15H2,1-2H3,(H,24,28). The van der Waals surface area contributed by atoms with Crippen molar-refractivity contribution in [3.8, 4) is 0 Å². The summed E-state index contributed by atoms with van der Waals surface area (Å²) < 4.78 is 7.58. The summed E-state index contributed by atoms with van der Waals surface area (Å²) in [5, 5.41) is 12.5. The largest absolute Gasteiger partial charge is 0.467 e. The first-order valence-electron chi connectivity index (χ1n) is 10.5. The van der Waals surface area contributed by atoms with Crippen LogP contribution in [-0.2, 0) is 17.8 Å². The maximum absolute atomic E-state index is 12.3. The first-order valence-corrected chi connectivity index (χ1v) is 11.5. The number of hydrogen-bond acceptors (Lipinski definition) is 5.